The first-order valence-electron chi connectivity index (χ1n) is 2.40. The lowest BCUT2D eigenvalue weighted by molar-refractivity contribution is -0.788. The number of hydrogen-bond acceptors (Lipinski definition) is 7. The van der Waals surface area contributed by atoms with Gasteiger partial charge >= 0.3 is 0 Å². The molecule has 0 N–H and O–H groups in total. The van der Waals surface area contributed by atoms with Crippen molar-refractivity contribution in [3.63, 3.8) is 0 Å². The summed E-state index contributed by atoms with van der Waals surface area (Å²) in [6.07, 6.45) is 0. The van der Waals surface area contributed by atoms with Gasteiger partial charge in [-0.25, -0.2) is 9.78 Å². The average Bonchev–Trinajstić information content (AvgIpc) is 1.97. The van der Waals surface area contributed by atoms with Crippen LogP contribution in [0.2, 0.25) is 0 Å². The molecule has 0 radical (unpaired) electrons. The van der Waals surface area contributed by atoms with E-state index in [9.17, 15) is 0 Å². The van der Waals surface area contributed by atoms with Gasteiger partial charge in [0.15, 0.2) is 0 Å². The fourth-order valence-corrected chi connectivity index (χ4v) is 0.130. The van der Waals surface area contributed by atoms with E-state index >= 15 is 0 Å². The summed E-state index contributed by atoms with van der Waals surface area (Å²) in [6, 6.07) is 0. The molecule has 0 rings (SSSR count). The van der Waals surface area contributed by atoms with Crippen molar-refractivity contribution >= 4 is 0 Å². The van der Waals surface area contributed by atoms with E-state index in [1.54, 1.807) is 6.92 Å². The van der Waals surface area contributed by atoms with Gasteiger partial charge < -0.3 is 0 Å². The highest BCUT2D eigenvalue weighted by Gasteiger charge is 1.89. The molecule has 0 bridgehead atoms. The van der Waals surface area contributed by atoms with E-state index in [4.69, 9.17) is 0 Å². The van der Waals surface area contributed by atoms with E-state index < -0.39 is 0 Å². The van der Waals surface area contributed by atoms with Gasteiger partial charge in [0.2, 0.25) is 0 Å². The summed E-state index contributed by atoms with van der Waals surface area (Å²) in [5.41, 5.74) is 0. The van der Waals surface area contributed by atoms with E-state index in [-0.39, 0.29) is 0 Å². The van der Waals surface area contributed by atoms with Crippen LogP contribution in [0.4, 0.5) is 0 Å². The third-order valence-corrected chi connectivity index (χ3v) is 0.345. The monoisotopic (exact) mass is 156 g/mol. The van der Waals surface area contributed by atoms with E-state index in [0.29, 0.717) is 6.61 Å². The Morgan fingerprint density at radius 3 is 2.10 bits per heavy atom. The lowest BCUT2D eigenvalue weighted by Crippen LogP contribution is -1.99. The van der Waals surface area contributed by atoms with Gasteiger partial charge in [-0.15, -0.1) is 0 Å². The Hall–Kier alpha value is -0.280. The summed E-state index contributed by atoms with van der Waals surface area (Å²) >= 11 is 0. The molecule has 0 unspecified atom stereocenters. The van der Waals surface area contributed by atoms with Crippen molar-refractivity contribution in [1.29, 1.82) is 0 Å². The smallest absolute Gasteiger partial charge is 0.0826 e. The zero-order valence-corrected chi connectivity index (χ0v) is 5.56. The predicted octanol–water partition coefficient (Wildman–Crippen LogP) is 0.242. The molecule has 0 fully saturated rings. The molecule has 10 heavy (non-hydrogen) atoms. The zero-order valence-electron chi connectivity index (χ0n) is 5.56. The summed E-state index contributed by atoms with van der Waals surface area (Å²) in [4.78, 5) is 8.11. The Kier molecular flexibility index (Phi) is 8.48. The van der Waals surface area contributed by atoms with Crippen LogP contribution in [0.25, 0.3) is 0 Å². The van der Waals surface area contributed by atoms with Crippen LogP contribution in [-0.2, 0) is 35.0 Å². The zero-order chi connectivity index (χ0) is 7.66. The molecule has 0 amide bonds. The van der Waals surface area contributed by atoms with Crippen LogP contribution >= 0.6 is 0 Å². The van der Waals surface area contributed by atoms with Crippen molar-refractivity contribution in [2.75, 3.05) is 13.7 Å². The Bertz CT molecular complexity index is 48.8. The second-order valence-electron chi connectivity index (χ2n) is 0.913. The van der Waals surface area contributed by atoms with Crippen molar-refractivity contribution in [3.05, 3.63) is 0 Å². The minimum atomic E-state index is 0.314. The summed E-state index contributed by atoms with van der Waals surface area (Å²) in [7, 11) is 1.22. The van der Waals surface area contributed by atoms with Crippen LogP contribution in [0.3, 0.4) is 0 Å². The van der Waals surface area contributed by atoms with Gasteiger partial charge in [-0.05, 0) is 32.1 Å². The van der Waals surface area contributed by atoms with Gasteiger partial charge in [-0.3, -0.25) is 0 Å². The molecule has 62 valence electrons. The summed E-state index contributed by atoms with van der Waals surface area (Å²) < 4.78 is 0. The minimum Gasteiger partial charge on any atom is -0.207 e. The summed E-state index contributed by atoms with van der Waals surface area (Å²) in [6.45, 7) is 2.00. The highest BCUT2D eigenvalue weighted by molar-refractivity contribution is 3.89. The van der Waals surface area contributed by atoms with Crippen molar-refractivity contribution < 1.29 is 35.0 Å². The van der Waals surface area contributed by atoms with Gasteiger partial charge in [0.05, 0.1) is 13.7 Å². The maximum Gasteiger partial charge on any atom is 0.0826 e. The van der Waals surface area contributed by atoms with E-state index in [1.165, 1.54) is 7.11 Å². The third kappa shape index (κ3) is 7.72. The average molecular weight is 156 g/mol. The van der Waals surface area contributed by atoms with Gasteiger partial charge in [-0.2, -0.15) is 0 Å². The normalized spacial score (nSPS) is 10.2. The van der Waals surface area contributed by atoms with Crippen molar-refractivity contribution in [3.8, 4) is 0 Å². The second kappa shape index (κ2) is 8.72. The first kappa shape index (κ1) is 9.72. The van der Waals surface area contributed by atoms with Gasteiger partial charge in [0, 0.05) is 0 Å². The lowest BCUT2D eigenvalue weighted by Gasteiger charge is -1.96. The Morgan fingerprint density at radius 2 is 1.50 bits per heavy atom. The van der Waals surface area contributed by atoms with Crippen LogP contribution in [-0.4, -0.2) is 13.7 Å². The summed E-state index contributed by atoms with van der Waals surface area (Å²) in [5, 5.41) is 18.7. The second-order valence-corrected chi connectivity index (χ2v) is 0.913. The standard InChI is InChI=1S/C3H8O7/c1-3-5-7-9-10-8-6-4-2/h3H2,1-2H3. The molecule has 0 spiro atoms. The fourth-order valence-electron chi connectivity index (χ4n) is 0.130. The van der Waals surface area contributed by atoms with Crippen LogP contribution in [0.5, 0.6) is 0 Å². The fraction of sp³-hybridized carbons (Fsp3) is 1.00. The topological polar surface area (TPSA) is 64.6 Å². The molecule has 0 aromatic heterocycles. The maximum absolute atomic E-state index is 4.19. The molecule has 0 aromatic carbocycles. The van der Waals surface area contributed by atoms with Gasteiger partial charge in [-0.1, -0.05) is 0 Å². The van der Waals surface area contributed by atoms with Gasteiger partial charge in [0.1, 0.15) is 0 Å². The molecular formula is C3H8O7. The third-order valence-electron chi connectivity index (χ3n) is 0.345. The Labute approximate surface area is 56.8 Å². The van der Waals surface area contributed by atoms with E-state index in [2.05, 4.69) is 35.0 Å². The molecular weight excluding hydrogens is 148 g/mol. The molecule has 0 aromatic rings. The molecule has 0 aliphatic heterocycles. The summed E-state index contributed by atoms with van der Waals surface area (Å²) in [5.74, 6) is 0. The van der Waals surface area contributed by atoms with Gasteiger partial charge in [0.25, 0.3) is 0 Å². The molecule has 7 heteroatoms. The number of rotatable bonds is 7. The van der Waals surface area contributed by atoms with Crippen LogP contribution in [0, 0.1) is 0 Å². The minimum absolute atomic E-state index is 0.314. The quantitative estimate of drug-likeness (QED) is 0.297. The van der Waals surface area contributed by atoms with Crippen LogP contribution in [0.1, 0.15) is 6.92 Å². The molecule has 0 heterocycles. The molecule has 0 aliphatic carbocycles. The van der Waals surface area contributed by atoms with Crippen molar-refractivity contribution in [1.82, 2.24) is 0 Å². The molecule has 7 nitrogen and oxygen atoms in total. The lowest BCUT2D eigenvalue weighted by atomic mass is 10.9. The maximum atomic E-state index is 4.19. The van der Waals surface area contributed by atoms with E-state index in [1.807, 2.05) is 0 Å². The van der Waals surface area contributed by atoms with Crippen molar-refractivity contribution in [2.45, 2.75) is 6.92 Å². The predicted molar refractivity (Wildman–Crippen MR) is 24.1 cm³/mol. The Morgan fingerprint density at radius 1 is 0.900 bits per heavy atom. The van der Waals surface area contributed by atoms with Crippen molar-refractivity contribution in [2.24, 2.45) is 0 Å². The first-order valence-corrected chi connectivity index (χ1v) is 2.40. The molecule has 0 atom stereocenters. The molecule has 0 saturated carbocycles. The SMILES string of the molecule is CCOOOOOOOC. The van der Waals surface area contributed by atoms with E-state index in [0.717, 1.165) is 0 Å². The van der Waals surface area contributed by atoms with Crippen LogP contribution < -0.4 is 0 Å². The highest BCUT2D eigenvalue weighted by Crippen LogP contribution is 1.85. The highest BCUT2D eigenvalue weighted by atomic mass is 17.9. The molecule has 0 saturated heterocycles. The Balaban J connectivity index is 2.65. The molecule has 0 aliphatic rings. The first-order chi connectivity index (χ1) is 4.91. The van der Waals surface area contributed by atoms with Crippen LogP contribution in [0.15, 0.2) is 0 Å². The largest absolute Gasteiger partial charge is 0.207 e. The number of hydrogen-bond donors (Lipinski definition) is 0.